The number of rotatable bonds is 3. The van der Waals surface area contributed by atoms with Crippen LogP contribution >= 0.6 is 0 Å². The smallest absolute Gasteiger partial charge is 0.224 e. The number of nitriles is 1. The first-order valence-corrected chi connectivity index (χ1v) is 6.08. The highest BCUT2D eigenvalue weighted by Crippen LogP contribution is 2.22. The molecule has 4 heteroatoms. The Morgan fingerprint density at radius 3 is 2.88 bits per heavy atom. The first-order valence-electron chi connectivity index (χ1n) is 6.08. The van der Waals surface area contributed by atoms with Gasteiger partial charge in [0.05, 0.1) is 18.4 Å². The number of nitrogens with two attached hydrogens (primary N) is 1. The van der Waals surface area contributed by atoms with Gasteiger partial charge in [0.2, 0.25) is 5.91 Å². The number of amides is 1. The Hall–Kier alpha value is -1.08. The molecule has 1 aliphatic carbocycles. The molecule has 1 amide bonds. The van der Waals surface area contributed by atoms with Gasteiger partial charge in [0, 0.05) is 12.1 Å². The molecule has 3 atom stereocenters. The summed E-state index contributed by atoms with van der Waals surface area (Å²) in [7, 11) is 0. The van der Waals surface area contributed by atoms with Gasteiger partial charge in [0.15, 0.2) is 0 Å². The van der Waals surface area contributed by atoms with Crippen molar-refractivity contribution in [3.63, 3.8) is 0 Å². The summed E-state index contributed by atoms with van der Waals surface area (Å²) in [5.41, 5.74) is 6.00. The molecule has 0 aromatic carbocycles. The Kier molecular flexibility index (Phi) is 5.27. The van der Waals surface area contributed by atoms with E-state index in [-0.39, 0.29) is 23.9 Å². The number of carbonyl (C=O) groups is 1. The number of hydrogen-bond donors (Lipinski definition) is 2. The van der Waals surface area contributed by atoms with E-state index in [1.807, 2.05) is 6.92 Å². The predicted octanol–water partition coefficient (Wildman–Crippen LogP) is 1.31. The SMILES string of the molecule is CC(CC#N)NC(=O)C1CCCCCC1N. The largest absolute Gasteiger partial charge is 0.352 e. The van der Waals surface area contributed by atoms with Crippen LogP contribution < -0.4 is 11.1 Å². The van der Waals surface area contributed by atoms with Gasteiger partial charge in [-0.2, -0.15) is 5.26 Å². The lowest BCUT2D eigenvalue weighted by molar-refractivity contribution is -0.126. The highest BCUT2D eigenvalue weighted by atomic mass is 16.2. The van der Waals surface area contributed by atoms with Crippen molar-refractivity contribution in [3.05, 3.63) is 0 Å². The van der Waals surface area contributed by atoms with Crippen molar-refractivity contribution in [1.82, 2.24) is 5.32 Å². The molecule has 1 aliphatic rings. The summed E-state index contributed by atoms with van der Waals surface area (Å²) in [5.74, 6) is -0.0409. The zero-order chi connectivity index (χ0) is 12.0. The molecule has 1 fully saturated rings. The molecule has 1 rings (SSSR count). The van der Waals surface area contributed by atoms with E-state index < -0.39 is 0 Å². The van der Waals surface area contributed by atoms with Crippen molar-refractivity contribution < 1.29 is 4.79 Å². The summed E-state index contributed by atoms with van der Waals surface area (Å²) in [6.07, 6.45) is 5.55. The Bertz CT molecular complexity index is 272. The van der Waals surface area contributed by atoms with Crippen LogP contribution in [0, 0.1) is 17.2 Å². The van der Waals surface area contributed by atoms with Crippen LogP contribution in [0.2, 0.25) is 0 Å². The lowest BCUT2D eigenvalue weighted by atomic mass is 9.94. The maximum atomic E-state index is 11.9. The average Bonchev–Trinajstić information content (AvgIpc) is 2.43. The Morgan fingerprint density at radius 2 is 2.19 bits per heavy atom. The molecule has 0 aromatic heterocycles. The molecule has 16 heavy (non-hydrogen) atoms. The van der Waals surface area contributed by atoms with Crippen LogP contribution in [0.5, 0.6) is 0 Å². The topological polar surface area (TPSA) is 78.9 Å². The van der Waals surface area contributed by atoms with Gasteiger partial charge >= 0.3 is 0 Å². The van der Waals surface area contributed by atoms with Crippen molar-refractivity contribution in [2.45, 2.75) is 57.5 Å². The highest BCUT2D eigenvalue weighted by Gasteiger charge is 2.27. The van der Waals surface area contributed by atoms with Gasteiger partial charge in [0.25, 0.3) is 0 Å². The van der Waals surface area contributed by atoms with Crippen LogP contribution in [0.15, 0.2) is 0 Å². The molecule has 3 unspecified atom stereocenters. The molecular formula is C12H21N3O. The van der Waals surface area contributed by atoms with E-state index >= 15 is 0 Å². The quantitative estimate of drug-likeness (QED) is 0.708. The third-order valence-electron chi connectivity index (χ3n) is 3.19. The van der Waals surface area contributed by atoms with Crippen molar-refractivity contribution in [2.24, 2.45) is 11.7 Å². The second-order valence-corrected chi connectivity index (χ2v) is 4.68. The maximum Gasteiger partial charge on any atom is 0.224 e. The van der Waals surface area contributed by atoms with E-state index in [9.17, 15) is 4.79 Å². The molecule has 0 aliphatic heterocycles. The Labute approximate surface area is 97.2 Å². The van der Waals surface area contributed by atoms with Crippen LogP contribution in [0.3, 0.4) is 0 Å². The second-order valence-electron chi connectivity index (χ2n) is 4.68. The standard InChI is InChI=1S/C12H21N3O/c1-9(7-8-13)15-12(16)10-5-3-2-4-6-11(10)14/h9-11H,2-7,14H2,1H3,(H,15,16). The van der Waals surface area contributed by atoms with Crippen LogP contribution in [0.1, 0.15) is 45.4 Å². The maximum absolute atomic E-state index is 11.9. The fourth-order valence-electron chi connectivity index (χ4n) is 2.20. The first kappa shape index (κ1) is 13.0. The highest BCUT2D eigenvalue weighted by molar-refractivity contribution is 5.79. The van der Waals surface area contributed by atoms with Gasteiger partial charge in [-0.25, -0.2) is 0 Å². The zero-order valence-corrected chi connectivity index (χ0v) is 9.91. The van der Waals surface area contributed by atoms with Gasteiger partial charge in [-0.3, -0.25) is 4.79 Å². The molecule has 4 nitrogen and oxygen atoms in total. The minimum atomic E-state index is -0.0760. The van der Waals surface area contributed by atoms with Gasteiger partial charge in [-0.1, -0.05) is 19.3 Å². The van der Waals surface area contributed by atoms with Crippen LogP contribution in [0.4, 0.5) is 0 Å². The van der Waals surface area contributed by atoms with Crippen LogP contribution in [-0.2, 0) is 4.79 Å². The molecule has 0 heterocycles. The predicted molar refractivity (Wildman–Crippen MR) is 62.4 cm³/mol. The average molecular weight is 223 g/mol. The number of carbonyl (C=O) groups excluding carboxylic acids is 1. The van der Waals surface area contributed by atoms with Gasteiger partial charge in [-0.15, -0.1) is 0 Å². The molecule has 0 aromatic rings. The molecule has 0 radical (unpaired) electrons. The molecular weight excluding hydrogens is 202 g/mol. The van der Waals surface area contributed by atoms with E-state index in [2.05, 4.69) is 11.4 Å². The van der Waals surface area contributed by atoms with Crippen molar-refractivity contribution in [3.8, 4) is 6.07 Å². The molecule has 0 spiro atoms. The molecule has 0 saturated heterocycles. The minimum Gasteiger partial charge on any atom is -0.352 e. The molecule has 1 saturated carbocycles. The lowest BCUT2D eigenvalue weighted by Gasteiger charge is -2.22. The van der Waals surface area contributed by atoms with Gasteiger partial charge in [-0.05, 0) is 19.8 Å². The first-order chi connectivity index (χ1) is 7.65. The van der Waals surface area contributed by atoms with Crippen molar-refractivity contribution in [1.29, 1.82) is 5.26 Å². The van der Waals surface area contributed by atoms with Crippen LogP contribution in [0.25, 0.3) is 0 Å². The summed E-state index contributed by atoms with van der Waals surface area (Å²) >= 11 is 0. The third kappa shape index (κ3) is 3.82. The normalized spacial score (nSPS) is 27.6. The molecule has 3 N–H and O–H groups in total. The monoisotopic (exact) mass is 223 g/mol. The minimum absolute atomic E-state index is 0.0169. The fourth-order valence-corrected chi connectivity index (χ4v) is 2.20. The van der Waals surface area contributed by atoms with E-state index in [1.54, 1.807) is 0 Å². The van der Waals surface area contributed by atoms with E-state index in [4.69, 9.17) is 11.0 Å². The number of nitrogens with zero attached hydrogens (tertiary/aromatic N) is 1. The van der Waals surface area contributed by atoms with Gasteiger partial charge < -0.3 is 11.1 Å². The van der Waals surface area contributed by atoms with Crippen LogP contribution in [-0.4, -0.2) is 18.0 Å². The van der Waals surface area contributed by atoms with E-state index in [0.717, 1.165) is 25.7 Å². The Morgan fingerprint density at radius 1 is 1.50 bits per heavy atom. The fraction of sp³-hybridized carbons (Fsp3) is 0.833. The summed E-state index contributed by atoms with van der Waals surface area (Å²) in [5, 5.41) is 11.4. The number of nitrogens with one attached hydrogen (secondary N) is 1. The zero-order valence-electron chi connectivity index (χ0n) is 9.91. The van der Waals surface area contributed by atoms with Gasteiger partial charge in [0.1, 0.15) is 0 Å². The summed E-state index contributed by atoms with van der Waals surface area (Å²) in [4.78, 5) is 11.9. The molecule has 0 bridgehead atoms. The van der Waals surface area contributed by atoms with E-state index in [1.165, 1.54) is 6.42 Å². The second kappa shape index (κ2) is 6.49. The van der Waals surface area contributed by atoms with E-state index in [0.29, 0.717) is 6.42 Å². The third-order valence-corrected chi connectivity index (χ3v) is 3.19. The summed E-state index contributed by atoms with van der Waals surface area (Å²) in [6.45, 7) is 1.85. The number of hydrogen-bond acceptors (Lipinski definition) is 3. The summed E-state index contributed by atoms with van der Waals surface area (Å²) in [6, 6.07) is 1.96. The Balaban J connectivity index is 2.48. The van der Waals surface area contributed by atoms with Crippen molar-refractivity contribution in [2.75, 3.05) is 0 Å². The summed E-state index contributed by atoms with van der Waals surface area (Å²) < 4.78 is 0. The molecule has 90 valence electrons. The van der Waals surface area contributed by atoms with Crippen molar-refractivity contribution >= 4 is 5.91 Å². The lowest BCUT2D eigenvalue weighted by Crippen LogP contribution is -2.44.